The van der Waals surface area contributed by atoms with Gasteiger partial charge in [-0.15, -0.1) is 0 Å². The highest BCUT2D eigenvalue weighted by Gasteiger charge is 2.31. The third kappa shape index (κ3) is 9.45. The van der Waals surface area contributed by atoms with Gasteiger partial charge in [-0.1, -0.05) is 52.4 Å². The van der Waals surface area contributed by atoms with Gasteiger partial charge in [-0.25, -0.2) is 10.3 Å². The first-order valence-corrected chi connectivity index (χ1v) is 12.5. The molecule has 8 heteroatoms. The minimum Gasteiger partial charge on any atom is -0.350 e. The van der Waals surface area contributed by atoms with E-state index in [-0.39, 0.29) is 30.1 Å². The zero-order valence-electron chi connectivity index (χ0n) is 20.2. The summed E-state index contributed by atoms with van der Waals surface area (Å²) in [5.41, 5.74) is 2.46. The van der Waals surface area contributed by atoms with Gasteiger partial charge in [0, 0.05) is 39.0 Å². The molecule has 3 atom stereocenters. The van der Waals surface area contributed by atoms with E-state index in [1.54, 1.807) is 11.9 Å². The molecule has 2 aliphatic rings. The van der Waals surface area contributed by atoms with E-state index in [1.165, 1.54) is 12.8 Å². The van der Waals surface area contributed by atoms with E-state index in [0.29, 0.717) is 19.6 Å². The van der Waals surface area contributed by atoms with E-state index in [4.69, 9.17) is 9.57 Å². The van der Waals surface area contributed by atoms with Crippen LogP contribution in [-0.4, -0.2) is 55.2 Å². The molecule has 0 spiro atoms. The number of hydrogen-bond acceptors (Lipinski definition) is 5. The van der Waals surface area contributed by atoms with E-state index in [1.807, 2.05) is 13.8 Å². The normalized spacial score (nSPS) is 27.4. The van der Waals surface area contributed by atoms with Crippen molar-refractivity contribution in [2.45, 2.75) is 103 Å². The monoisotopic (exact) mass is 453 g/mol. The molecule has 2 N–H and O–H groups in total. The molecule has 0 aromatic rings. The van der Waals surface area contributed by atoms with Gasteiger partial charge in [0.2, 0.25) is 17.7 Å². The van der Waals surface area contributed by atoms with Crippen LogP contribution in [0.2, 0.25) is 0 Å². The van der Waals surface area contributed by atoms with Crippen LogP contribution in [0.1, 0.15) is 90.9 Å². The molecule has 32 heavy (non-hydrogen) atoms. The van der Waals surface area contributed by atoms with Crippen LogP contribution in [0.15, 0.2) is 0 Å². The second-order valence-corrected chi connectivity index (χ2v) is 9.59. The number of nitrogens with one attached hydrogen (secondary N) is 2. The Kier molecular flexibility index (Phi) is 12.0. The SMILES string of the molecule is CC(C)[C@@H]1NC(=O)[C@@H](CC(=O)NOC2CCCCO2)CCCCCCCCCN(C)C1=O. The van der Waals surface area contributed by atoms with Crippen LogP contribution in [-0.2, 0) is 24.0 Å². The maximum absolute atomic E-state index is 13.1. The highest BCUT2D eigenvalue weighted by Crippen LogP contribution is 2.19. The first kappa shape index (κ1) is 26.6. The number of carbonyl (C=O) groups is 3. The molecule has 0 aromatic heterocycles. The van der Waals surface area contributed by atoms with E-state index in [0.717, 1.165) is 51.4 Å². The number of rotatable bonds is 5. The summed E-state index contributed by atoms with van der Waals surface area (Å²) in [5, 5.41) is 2.95. The first-order valence-electron chi connectivity index (χ1n) is 12.5. The molecule has 0 bridgehead atoms. The molecule has 8 nitrogen and oxygen atoms in total. The molecular formula is C24H43N3O5. The van der Waals surface area contributed by atoms with Crippen LogP contribution in [0.25, 0.3) is 0 Å². The Hall–Kier alpha value is -1.67. The Balaban J connectivity index is 2.00. The van der Waals surface area contributed by atoms with Gasteiger partial charge in [-0.2, -0.15) is 0 Å². The zero-order valence-corrected chi connectivity index (χ0v) is 20.2. The molecule has 2 saturated heterocycles. The average Bonchev–Trinajstić information content (AvgIpc) is 2.78. The molecule has 0 aromatic carbocycles. The lowest BCUT2D eigenvalue weighted by Crippen LogP contribution is -2.52. The largest absolute Gasteiger partial charge is 0.350 e. The number of amides is 3. The number of hydrogen-bond donors (Lipinski definition) is 2. The third-order valence-electron chi connectivity index (χ3n) is 6.40. The third-order valence-corrected chi connectivity index (χ3v) is 6.40. The van der Waals surface area contributed by atoms with Crippen molar-refractivity contribution in [3.8, 4) is 0 Å². The Bertz CT molecular complexity index is 592. The molecule has 0 radical (unpaired) electrons. The molecule has 0 aliphatic carbocycles. The van der Waals surface area contributed by atoms with Crippen LogP contribution in [0.3, 0.4) is 0 Å². The number of ether oxygens (including phenoxy) is 1. The fourth-order valence-corrected chi connectivity index (χ4v) is 4.28. The molecule has 2 heterocycles. The summed E-state index contributed by atoms with van der Waals surface area (Å²) in [5.74, 6) is -1.16. The molecule has 2 aliphatic heterocycles. The molecule has 3 amide bonds. The molecular weight excluding hydrogens is 410 g/mol. The smallest absolute Gasteiger partial charge is 0.245 e. The summed E-state index contributed by atoms with van der Waals surface area (Å²) in [6, 6.07) is -0.588. The Labute approximate surface area is 193 Å². The quantitative estimate of drug-likeness (QED) is 0.623. The van der Waals surface area contributed by atoms with Gasteiger partial charge in [0.25, 0.3) is 0 Å². The lowest BCUT2D eigenvalue weighted by Gasteiger charge is -2.28. The zero-order chi connectivity index (χ0) is 23.3. The summed E-state index contributed by atoms with van der Waals surface area (Å²) in [6.45, 7) is 5.20. The maximum atomic E-state index is 13.1. The van der Waals surface area contributed by atoms with Gasteiger partial charge in [0.15, 0.2) is 6.29 Å². The summed E-state index contributed by atoms with van der Waals surface area (Å²) in [6.07, 6.45) is 10.5. The Morgan fingerprint density at radius 2 is 1.72 bits per heavy atom. The lowest BCUT2D eigenvalue weighted by atomic mass is 9.94. The van der Waals surface area contributed by atoms with Gasteiger partial charge >= 0.3 is 0 Å². The number of likely N-dealkylation sites (N-methyl/N-ethyl adjacent to an activating group) is 1. The van der Waals surface area contributed by atoms with Crippen molar-refractivity contribution in [1.82, 2.24) is 15.7 Å². The van der Waals surface area contributed by atoms with Crippen molar-refractivity contribution in [2.24, 2.45) is 11.8 Å². The Morgan fingerprint density at radius 3 is 2.38 bits per heavy atom. The predicted octanol–water partition coefficient (Wildman–Crippen LogP) is 3.30. The number of hydroxylamine groups is 1. The fraction of sp³-hybridized carbons (Fsp3) is 0.875. The van der Waals surface area contributed by atoms with E-state index < -0.39 is 18.2 Å². The minimum absolute atomic E-state index is 0.0351. The fourth-order valence-electron chi connectivity index (χ4n) is 4.28. The average molecular weight is 454 g/mol. The van der Waals surface area contributed by atoms with Crippen molar-refractivity contribution >= 4 is 17.7 Å². The van der Waals surface area contributed by atoms with Crippen LogP contribution < -0.4 is 10.8 Å². The topological polar surface area (TPSA) is 97.0 Å². The van der Waals surface area contributed by atoms with Gasteiger partial charge < -0.3 is 15.0 Å². The highest BCUT2D eigenvalue weighted by atomic mass is 16.8. The summed E-state index contributed by atoms with van der Waals surface area (Å²) in [4.78, 5) is 45.7. The summed E-state index contributed by atoms with van der Waals surface area (Å²) >= 11 is 0. The van der Waals surface area contributed by atoms with Crippen molar-refractivity contribution in [3.63, 3.8) is 0 Å². The van der Waals surface area contributed by atoms with Crippen molar-refractivity contribution in [2.75, 3.05) is 20.2 Å². The molecule has 2 rings (SSSR count). The van der Waals surface area contributed by atoms with Crippen LogP contribution in [0.4, 0.5) is 0 Å². The van der Waals surface area contributed by atoms with Crippen molar-refractivity contribution in [3.05, 3.63) is 0 Å². The summed E-state index contributed by atoms with van der Waals surface area (Å²) < 4.78 is 5.47. The van der Waals surface area contributed by atoms with Crippen LogP contribution >= 0.6 is 0 Å². The highest BCUT2D eigenvalue weighted by molar-refractivity contribution is 5.90. The van der Waals surface area contributed by atoms with E-state index in [9.17, 15) is 14.4 Å². The first-order chi connectivity index (χ1) is 15.4. The standard InChI is InChI=1S/C24H43N3O5/c1-18(2)22-24(30)27(3)15-11-8-6-4-5-7-9-13-19(23(29)25-22)17-20(28)26-32-21-14-10-12-16-31-21/h18-19,21-22H,4-17H2,1-3H3,(H,25,29)(H,26,28)/t19-,21?,22+/m1/s1. The molecule has 184 valence electrons. The molecule has 1 unspecified atom stereocenters. The number of carbonyl (C=O) groups excluding carboxylic acids is 3. The van der Waals surface area contributed by atoms with Crippen molar-refractivity contribution in [1.29, 1.82) is 0 Å². The predicted molar refractivity (Wildman–Crippen MR) is 122 cm³/mol. The Morgan fingerprint density at radius 1 is 1.06 bits per heavy atom. The van der Waals surface area contributed by atoms with Gasteiger partial charge in [0.1, 0.15) is 6.04 Å². The van der Waals surface area contributed by atoms with Crippen molar-refractivity contribution < 1.29 is 24.0 Å². The molecule has 2 fully saturated rings. The lowest BCUT2D eigenvalue weighted by molar-refractivity contribution is -0.200. The van der Waals surface area contributed by atoms with Gasteiger partial charge in [-0.05, 0) is 31.6 Å². The summed E-state index contributed by atoms with van der Waals surface area (Å²) in [7, 11) is 1.80. The van der Waals surface area contributed by atoms with Crippen LogP contribution in [0.5, 0.6) is 0 Å². The van der Waals surface area contributed by atoms with E-state index in [2.05, 4.69) is 10.8 Å². The van der Waals surface area contributed by atoms with Gasteiger partial charge in [-0.3, -0.25) is 14.4 Å². The second kappa shape index (κ2) is 14.5. The van der Waals surface area contributed by atoms with E-state index >= 15 is 0 Å². The molecule has 0 saturated carbocycles. The minimum atomic E-state index is -0.588. The second-order valence-electron chi connectivity index (χ2n) is 9.59. The van der Waals surface area contributed by atoms with Gasteiger partial charge in [0.05, 0.1) is 0 Å². The number of nitrogens with zero attached hydrogens (tertiary/aromatic N) is 1. The van der Waals surface area contributed by atoms with Crippen LogP contribution in [0, 0.1) is 11.8 Å². The maximum Gasteiger partial charge on any atom is 0.245 e.